The van der Waals surface area contributed by atoms with E-state index in [1.807, 2.05) is 0 Å². The van der Waals surface area contributed by atoms with Crippen LogP contribution in [0, 0.1) is 6.92 Å². The first-order chi connectivity index (χ1) is 6.49. The Balaban J connectivity index is 3.27. The van der Waals surface area contributed by atoms with E-state index in [0.717, 1.165) is 0 Å². The van der Waals surface area contributed by atoms with Crippen LogP contribution in [0.2, 0.25) is 0 Å². The van der Waals surface area contributed by atoms with Gasteiger partial charge in [0, 0.05) is 0 Å². The van der Waals surface area contributed by atoms with E-state index in [4.69, 9.17) is 10.2 Å². The van der Waals surface area contributed by atoms with Gasteiger partial charge in [0.15, 0.2) is 5.41 Å². The summed E-state index contributed by atoms with van der Waals surface area (Å²) in [4.78, 5) is 21.6. The van der Waals surface area contributed by atoms with Gasteiger partial charge in [-0.3, -0.25) is 9.59 Å². The zero-order chi connectivity index (χ0) is 10.8. The molecule has 2 N–H and O–H groups in total. The molecule has 0 fully saturated rings. The molecule has 0 aliphatic heterocycles. The summed E-state index contributed by atoms with van der Waals surface area (Å²) in [5, 5.41) is 17.6. The zero-order valence-corrected chi connectivity index (χ0v) is 7.30. The van der Waals surface area contributed by atoms with Crippen LogP contribution in [0.1, 0.15) is 5.56 Å². The normalized spacial score (nSPS) is 10.9. The Morgan fingerprint density at radius 2 is 1.50 bits per heavy atom. The van der Waals surface area contributed by atoms with Crippen LogP contribution in [0.15, 0.2) is 30.3 Å². The molecule has 0 saturated carbocycles. The molecule has 0 heterocycles. The van der Waals surface area contributed by atoms with Crippen LogP contribution in [-0.2, 0) is 15.0 Å². The van der Waals surface area contributed by atoms with Crippen molar-refractivity contribution in [3.8, 4) is 0 Å². The molecular weight excluding hydrogens is 184 g/mol. The minimum absolute atomic E-state index is 0.153. The van der Waals surface area contributed by atoms with Crippen LogP contribution in [0.4, 0.5) is 0 Å². The minimum atomic E-state index is -2.12. The maximum absolute atomic E-state index is 10.8. The second-order valence-electron chi connectivity index (χ2n) is 2.88. The number of carbonyl (C=O) groups is 2. The SMILES string of the molecule is [CH2]C(C(=O)O)(C(=O)O)c1ccccc1. The van der Waals surface area contributed by atoms with Gasteiger partial charge < -0.3 is 10.2 Å². The lowest BCUT2D eigenvalue weighted by Gasteiger charge is -2.19. The molecule has 1 radical (unpaired) electrons. The molecule has 0 amide bonds. The molecule has 0 unspecified atom stereocenters. The van der Waals surface area contributed by atoms with E-state index < -0.39 is 17.4 Å². The predicted octanol–water partition coefficient (Wildman–Crippen LogP) is 0.928. The van der Waals surface area contributed by atoms with Crippen LogP contribution in [-0.4, -0.2) is 22.2 Å². The third kappa shape index (κ3) is 1.46. The first-order valence-electron chi connectivity index (χ1n) is 3.87. The molecular formula is C10H9O4. The van der Waals surface area contributed by atoms with Gasteiger partial charge in [0.1, 0.15) is 0 Å². The topological polar surface area (TPSA) is 74.6 Å². The van der Waals surface area contributed by atoms with Crippen molar-refractivity contribution in [2.24, 2.45) is 0 Å². The van der Waals surface area contributed by atoms with Crippen LogP contribution < -0.4 is 0 Å². The first-order valence-corrected chi connectivity index (χ1v) is 3.87. The second-order valence-corrected chi connectivity index (χ2v) is 2.88. The largest absolute Gasteiger partial charge is 0.480 e. The Hall–Kier alpha value is -1.84. The van der Waals surface area contributed by atoms with Gasteiger partial charge in [0.25, 0.3) is 0 Å². The Labute approximate surface area is 80.8 Å². The number of carboxylic acid groups (broad SMARTS) is 2. The van der Waals surface area contributed by atoms with Crippen molar-refractivity contribution >= 4 is 11.9 Å². The molecule has 0 saturated heterocycles. The van der Waals surface area contributed by atoms with Gasteiger partial charge in [0.2, 0.25) is 0 Å². The monoisotopic (exact) mass is 193 g/mol. The van der Waals surface area contributed by atoms with Gasteiger partial charge in [0.05, 0.1) is 0 Å². The molecule has 0 spiro atoms. The third-order valence-corrected chi connectivity index (χ3v) is 2.00. The maximum Gasteiger partial charge on any atom is 0.325 e. The molecule has 4 heteroatoms. The quantitative estimate of drug-likeness (QED) is 0.700. The molecule has 0 aliphatic rings. The Bertz CT molecular complexity index is 342. The minimum Gasteiger partial charge on any atom is -0.480 e. The molecule has 1 aromatic carbocycles. The number of carboxylic acids is 2. The molecule has 0 atom stereocenters. The van der Waals surface area contributed by atoms with Crippen molar-refractivity contribution < 1.29 is 19.8 Å². The van der Waals surface area contributed by atoms with Gasteiger partial charge in [-0.25, -0.2) is 0 Å². The Morgan fingerprint density at radius 1 is 1.07 bits per heavy atom. The van der Waals surface area contributed by atoms with Crippen molar-refractivity contribution in [1.29, 1.82) is 0 Å². The average Bonchev–Trinajstić information content (AvgIpc) is 2.17. The van der Waals surface area contributed by atoms with Crippen molar-refractivity contribution in [2.75, 3.05) is 0 Å². The summed E-state index contributed by atoms with van der Waals surface area (Å²) in [5.74, 6) is -2.95. The molecule has 14 heavy (non-hydrogen) atoms. The maximum atomic E-state index is 10.8. The van der Waals surface area contributed by atoms with Crippen LogP contribution in [0.5, 0.6) is 0 Å². The van der Waals surface area contributed by atoms with Crippen molar-refractivity contribution in [2.45, 2.75) is 5.41 Å². The molecule has 1 rings (SSSR count). The van der Waals surface area contributed by atoms with Crippen LogP contribution >= 0.6 is 0 Å². The highest BCUT2D eigenvalue weighted by atomic mass is 16.4. The van der Waals surface area contributed by atoms with Crippen molar-refractivity contribution in [3.63, 3.8) is 0 Å². The van der Waals surface area contributed by atoms with E-state index in [1.165, 1.54) is 12.1 Å². The van der Waals surface area contributed by atoms with Crippen LogP contribution in [0.3, 0.4) is 0 Å². The van der Waals surface area contributed by atoms with E-state index in [-0.39, 0.29) is 5.56 Å². The summed E-state index contributed by atoms with van der Waals surface area (Å²) >= 11 is 0. The fraction of sp³-hybridized carbons (Fsp3) is 0.100. The summed E-state index contributed by atoms with van der Waals surface area (Å²) in [6.45, 7) is 3.24. The highest BCUT2D eigenvalue weighted by Gasteiger charge is 2.43. The lowest BCUT2D eigenvalue weighted by atomic mass is 9.83. The highest BCUT2D eigenvalue weighted by Crippen LogP contribution is 2.23. The van der Waals surface area contributed by atoms with Gasteiger partial charge in [-0.1, -0.05) is 30.3 Å². The number of benzene rings is 1. The first kappa shape index (κ1) is 10.2. The average molecular weight is 193 g/mol. The summed E-state index contributed by atoms with van der Waals surface area (Å²) < 4.78 is 0. The van der Waals surface area contributed by atoms with E-state index in [2.05, 4.69) is 6.92 Å². The third-order valence-electron chi connectivity index (χ3n) is 2.00. The summed E-state index contributed by atoms with van der Waals surface area (Å²) in [6.07, 6.45) is 0. The van der Waals surface area contributed by atoms with E-state index >= 15 is 0 Å². The molecule has 0 aromatic heterocycles. The van der Waals surface area contributed by atoms with Gasteiger partial charge in [-0.2, -0.15) is 0 Å². The fourth-order valence-electron chi connectivity index (χ4n) is 1.06. The lowest BCUT2D eigenvalue weighted by Crippen LogP contribution is -2.41. The molecule has 73 valence electrons. The highest BCUT2D eigenvalue weighted by molar-refractivity contribution is 6.05. The Morgan fingerprint density at radius 3 is 1.86 bits per heavy atom. The smallest absolute Gasteiger partial charge is 0.325 e. The predicted molar refractivity (Wildman–Crippen MR) is 48.7 cm³/mol. The second kappa shape index (κ2) is 3.49. The molecule has 0 bridgehead atoms. The summed E-state index contributed by atoms with van der Waals surface area (Å²) in [6, 6.07) is 7.67. The standard InChI is InChI=1S/C10H9O4/c1-10(8(11)12,9(13)14)7-5-3-2-4-6-7/h2-6H,1H2,(H,11,12)(H,13,14). The number of hydrogen-bond donors (Lipinski definition) is 2. The number of hydrogen-bond acceptors (Lipinski definition) is 2. The lowest BCUT2D eigenvalue weighted by molar-refractivity contribution is -0.154. The van der Waals surface area contributed by atoms with E-state index in [0.29, 0.717) is 0 Å². The fourth-order valence-corrected chi connectivity index (χ4v) is 1.06. The molecule has 0 aliphatic carbocycles. The number of rotatable bonds is 3. The summed E-state index contributed by atoms with van der Waals surface area (Å²) in [5.41, 5.74) is -1.97. The van der Waals surface area contributed by atoms with Gasteiger partial charge >= 0.3 is 11.9 Å². The van der Waals surface area contributed by atoms with E-state index in [9.17, 15) is 9.59 Å². The Kier molecular flexibility index (Phi) is 2.56. The summed E-state index contributed by atoms with van der Waals surface area (Å²) in [7, 11) is 0. The van der Waals surface area contributed by atoms with Gasteiger partial charge in [-0.05, 0) is 12.5 Å². The number of aliphatic carboxylic acids is 2. The van der Waals surface area contributed by atoms with Crippen molar-refractivity contribution in [1.82, 2.24) is 0 Å². The zero-order valence-electron chi connectivity index (χ0n) is 7.30. The van der Waals surface area contributed by atoms with Crippen LogP contribution in [0.25, 0.3) is 0 Å². The van der Waals surface area contributed by atoms with E-state index in [1.54, 1.807) is 18.2 Å². The molecule has 4 nitrogen and oxygen atoms in total. The molecule has 1 aromatic rings. The van der Waals surface area contributed by atoms with Gasteiger partial charge in [-0.15, -0.1) is 0 Å². The van der Waals surface area contributed by atoms with Crippen molar-refractivity contribution in [3.05, 3.63) is 42.8 Å².